The van der Waals surface area contributed by atoms with Crippen molar-refractivity contribution in [2.24, 2.45) is 0 Å². The second kappa shape index (κ2) is 6.63. The predicted octanol–water partition coefficient (Wildman–Crippen LogP) is 2.68. The molecule has 0 aliphatic heterocycles. The van der Waals surface area contributed by atoms with Crippen LogP contribution in [0.4, 0.5) is 0 Å². The third-order valence-corrected chi connectivity index (χ3v) is 2.66. The number of amides is 1. The first-order valence-corrected chi connectivity index (χ1v) is 6.35. The first kappa shape index (κ1) is 13.2. The number of hydrogen-bond acceptors (Lipinski definition) is 2. The Kier molecular flexibility index (Phi) is 5.46. The van der Waals surface area contributed by atoms with E-state index in [1.54, 1.807) is 12.4 Å². The summed E-state index contributed by atoms with van der Waals surface area (Å²) in [5.74, 6) is -0.0431. The van der Waals surface area contributed by atoms with Crippen LogP contribution in [0.25, 0.3) is 0 Å². The van der Waals surface area contributed by atoms with E-state index in [-0.39, 0.29) is 5.91 Å². The van der Waals surface area contributed by atoms with Crippen molar-refractivity contribution in [1.82, 2.24) is 10.3 Å². The second-order valence-electron chi connectivity index (χ2n) is 3.93. The molecule has 1 aromatic heterocycles. The minimum atomic E-state index is -0.0431. The van der Waals surface area contributed by atoms with Gasteiger partial charge in [-0.05, 0) is 31.4 Å². The molecule has 0 aromatic carbocycles. The molecular formula is C12H17BrN2O. The Labute approximate surface area is 105 Å². The van der Waals surface area contributed by atoms with Gasteiger partial charge in [-0.25, -0.2) is 0 Å². The standard InChI is InChI=1S/C12H17BrN2O/c1-9-6-11(8-14-7-9)12(16)15-5-3-4-10(2)13/h6-8,10H,3-5H2,1-2H3,(H,15,16). The molecule has 1 N–H and O–H groups in total. The van der Waals surface area contributed by atoms with Gasteiger partial charge < -0.3 is 5.32 Å². The third-order valence-electron chi connectivity index (χ3n) is 2.20. The van der Waals surface area contributed by atoms with E-state index in [1.165, 1.54) is 0 Å². The van der Waals surface area contributed by atoms with Crippen LogP contribution in [-0.4, -0.2) is 22.3 Å². The summed E-state index contributed by atoms with van der Waals surface area (Å²) in [6.45, 7) is 4.74. The quantitative estimate of drug-likeness (QED) is 0.667. The molecular weight excluding hydrogens is 268 g/mol. The van der Waals surface area contributed by atoms with E-state index in [0.29, 0.717) is 16.9 Å². The van der Waals surface area contributed by atoms with Crippen LogP contribution in [0.1, 0.15) is 35.7 Å². The molecule has 0 spiro atoms. The van der Waals surface area contributed by atoms with Gasteiger partial charge in [0.2, 0.25) is 0 Å². The van der Waals surface area contributed by atoms with Gasteiger partial charge in [-0.2, -0.15) is 0 Å². The highest BCUT2D eigenvalue weighted by Gasteiger charge is 2.05. The predicted molar refractivity (Wildman–Crippen MR) is 68.9 cm³/mol. The summed E-state index contributed by atoms with van der Waals surface area (Å²) >= 11 is 3.47. The average Bonchev–Trinajstić information content (AvgIpc) is 2.24. The molecule has 0 bridgehead atoms. The molecule has 1 aromatic rings. The van der Waals surface area contributed by atoms with Crippen LogP contribution in [0.2, 0.25) is 0 Å². The number of halogens is 1. The highest BCUT2D eigenvalue weighted by molar-refractivity contribution is 9.09. The molecule has 1 rings (SSSR count). The summed E-state index contributed by atoms with van der Waals surface area (Å²) in [6.07, 6.45) is 5.38. The monoisotopic (exact) mass is 284 g/mol. The number of aromatic nitrogens is 1. The Bertz CT molecular complexity index is 353. The molecule has 4 heteroatoms. The molecule has 0 aliphatic carbocycles. The van der Waals surface area contributed by atoms with Crippen LogP contribution in [0.15, 0.2) is 18.5 Å². The number of carbonyl (C=O) groups excluding carboxylic acids is 1. The maximum atomic E-state index is 11.7. The van der Waals surface area contributed by atoms with Gasteiger partial charge in [0, 0.05) is 23.8 Å². The van der Waals surface area contributed by atoms with Crippen LogP contribution in [0.5, 0.6) is 0 Å². The van der Waals surface area contributed by atoms with Gasteiger partial charge in [-0.1, -0.05) is 22.9 Å². The zero-order valence-corrected chi connectivity index (χ0v) is 11.3. The lowest BCUT2D eigenvalue weighted by molar-refractivity contribution is 0.0952. The molecule has 1 unspecified atom stereocenters. The van der Waals surface area contributed by atoms with E-state index in [9.17, 15) is 4.79 Å². The van der Waals surface area contributed by atoms with Gasteiger partial charge in [-0.3, -0.25) is 9.78 Å². The Hall–Kier alpha value is -0.900. The first-order chi connectivity index (χ1) is 7.59. The number of nitrogens with zero attached hydrogens (tertiary/aromatic N) is 1. The van der Waals surface area contributed by atoms with Crippen LogP contribution >= 0.6 is 15.9 Å². The normalized spacial score (nSPS) is 12.2. The minimum absolute atomic E-state index is 0.0431. The number of aryl methyl sites for hydroxylation is 1. The zero-order chi connectivity index (χ0) is 12.0. The maximum absolute atomic E-state index is 11.7. The van der Waals surface area contributed by atoms with E-state index in [2.05, 4.69) is 33.2 Å². The Morgan fingerprint density at radius 3 is 2.94 bits per heavy atom. The van der Waals surface area contributed by atoms with E-state index in [4.69, 9.17) is 0 Å². The summed E-state index contributed by atoms with van der Waals surface area (Å²) in [4.78, 5) is 16.2. The van der Waals surface area contributed by atoms with Crippen LogP contribution in [0, 0.1) is 6.92 Å². The maximum Gasteiger partial charge on any atom is 0.252 e. The van der Waals surface area contributed by atoms with Crippen LogP contribution in [-0.2, 0) is 0 Å². The molecule has 1 amide bonds. The summed E-state index contributed by atoms with van der Waals surface area (Å²) in [5, 5.41) is 2.88. The summed E-state index contributed by atoms with van der Waals surface area (Å²) in [6, 6.07) is 1.84. The number of alkyl halides is 1. The van der Waals surface area contributed by atoms with Crippen molar-refractivity contribution < 1.29 is 4.79 Å². The van der Waals surface area contributed by atoms with Gasteiger partial charge in [0.15, 0.2) is 0 Å². The lowest BCUT2D eigenvalue weighted by atomic mass is 10.2. The van der Waals surface area contributed by atoms with Crippen molar-refractivity contribution in [1.29, 1.82) is 0 Å². The fraction of sp³-hybridized carbons (Fsp3) is 0.500. The smallest absolute Gasteiger partial charge is 0.252 e. The summed E-state index contributed by atoms with van der Waals surface area (Å²) < 4.78 is 0. The van der Waals surface area contributed by atoms with Gasteiger partial charge in [0.25, 0.3) is 5.91 Å². The van der Waals surface area contributed by atoms with Crippen LogP contribution in [0.3, 0.4) is 0 Å². The molecule has 1 atom stereocenters. The fourth-order valence-corrected chi connectivity index (χ4v) is 1.69. The van der Waals surface area contributed by atoms with E-state index in [0.717, 1.165) is 18.4 Å². The third kappa shape index (κ3) is 4.75. The highest BCUT2D eigenvalue weighted by Crippen LogP contribution is 2.05. The number of nitrogens with one attached hydrogen (secondary N) is 1. The molecule has 0 radical (unpaired) electrons. The Morgan fingerprint density at radius 1 is 1.56 bits per heavy atom. The summed E-state index contributed by atoms with van der Waals surface area (Å²) in [7, 11) is 0. The molecule has 16 heavy (non-hydrogen) atoms. The van der Waals surface area contributed by atoms with Gasteiger partial charge in [0.05, 0.1) is 5.56 Å². The van der Waals surface area contributed by atoms with Crippen molar-refractivity contribution in [3.63, 3.8) is 0 Å². The zero-order valence-electron chi connectivity index (χ0n) is 9.66. The fourth-order valence-electron chi connectivity index (χ4n) is 1.37. The van der Waals surface area contributed by atoms with E-state index in [1.807, 2.05) is 13.0 Å². The Balaban J connectivity index is 2.35. The van der Waals surface area contributed by atoms with Crippen molar-refractivity contribution >= 4 is 21.8 Å². The molecule has 3 nitrogen and oxygen atoms in total. The van der Waals surface area contributed by atoms with E-state index < -0.39 is 0 Å². The highest BCUT2D eigenvalue weighted by atomic mass is 79.9. The van der Waals surface area contributed by atoms with Crippen molar-refractivity contribution in [2.75, 3.05) is 6.54 Å². The number of rotatable bonds is 5. The molecule has 0 saturated carbocycles. The van der Waals surface area contributed by atoms with Gasteiger partial charge in [0.1, 0.15) is 0 Å². The van der Waals surface area contributed by atoms with Crippen molar-refractivity contribution in [3.8, 4) is 0 Å². The van der Waals surface area contributed by atoms with Gasteiger partial charge >= 0.3 is 0 Å². The molecule has 0 aliphatic rings. The van der Waals surface area contributed by atoms with Crippen molar-refractivity contribution in [2.45, 2.75) is 31.5 Å². The lowest BCUT2D eigenvalue weighted by Crippen LogP contribution is -2.24. The topological polar surface area (TPSA) is 42.0 Å². The second-order valence-corrected chi connectivity index (χ2v) is 5.49. The lowest BCUT2D eigenvalue weighted by Gasteiger charge is -2.06. The molecule has 0 saturated heterocycles. The SMILES string of the molecule is Cc1cncc(C(=O)NCCCC(C)Br)c1. The average molecular weight is 285 g/mol. The number of hydrogen-bond donors (Lipinski definition) is 1. The van der Waals surface area contributed by atoms with Crippen LogP contribution < -0.4 is 5.32 Å². The molecule has 88 valence electrons. The largest absolute Gasteiger partial charge is 0.352 e. The first-order valence-electron chi connectivity index (χ1n) is 5.43. The number of pyridine rings is 1. The van der Waals surface area contributed by atoms with Crippen molar-refractivity contribution in [3.05, 3.63) is 29.6 Å². The Morgan fingerprint density at radius 2 is 2.31 bits per heavy atom. The summed E-state index contributed by atoms with van der Waals surface area (Å²) in [5.41, 5.74) is 1.63. The molecule has 0 fully saturated rings. The number of carbonyl (C=O) groups is 1. The van der Waals surface area contributed by atoms with E-state index >= 15 is 0 Å². The molecule has 1 heterocycles. The minimum Gasteiger partial charge on any atom is -0.352 e. The van der Waals surface area contributed by atoms with Gasteiger partial charge in [-0.15, -0.1) is 0 Å².